The summed E-state index contributed by atoms with van der Waals surface area (Å²) in [6, 6.07) is 5.19. The average Bonchev–Trinajstić information content (AvgIpc) is 2.86. The van der Waals surface area contributed by atoms with Crippen molar-refractivity contribution in [1.29, 1.82) is 0 Å². The highest BCUT2D eigenvalue weighted by atomic mass is 19.1. The van der Waals surface area contributed by atoms with Gasteiger partial charge in [-0.1, -0.05) is 19.9 Å². The Hall–Kier alpha value is -1.68. The van der Waals surface area contributed by atoms with E-state index in [0.29, 0.717) is 12.1 Å². The third kappa shape index (κ3) is 3.01. The van der Waals surface area contributed by atoms with E-state index in [1.807, 2.05) is 23.8 Å². The third-order valence-electron chi connectivity index (χ3n) is 3.10. The van der Waals surface area contributed by atoms with Crippen molar-refractivity contribution in [3.8, 4) is 5.69 Å². The van der Waals surface area contributed by atoms with Crippen molar-refractivity contribution in [3.05, 3.63) is 47.8 Å². The largest absolute Gasteiger partial charge is 0.313 e. The molecule has 3 nitrogen and oxygen atoms in total. The van der Waals surface area contributed by atoms with Crippen LogP contribution in [0, 0.1) is 5.82 Å². The molecule has 0 fully saturated rings. The van der Waals surface area contributed by atoms with Gasteiger partial charge in [-0.15, -0.1) is 0 Å². The number of imidazole rings is 1. The van der Waals surface area contributed by atoms with Crippen LogP contribution in [-0.2, 0) is 13.0 Å². The maximum Gasteiger partial charge on any atom is 0.129 e. The van der Waals surface area contributed by atoms with Gasteiger partial charge in [0, 0.05) is 30.9 Å². The lowest BCUT2D eigenvalue weighted by atomic mass is 10.1. The molecule has 0 aliphatic carbocycles. The van der Waals surface area contributed by atoms with Crippen molar-refractivity contribution >= 4 is 0 Å². The fourth-order valence-corrected chi connectivity index (χ4v) is 2.16. The summed E-state index contributed by atoms with van der Waals surface area (Å²) in [6.07, 6.45) is 5.58. The Morgan fingerprint density at radius 2 is 2.16 bits per heavy atom. The molecule has 1 aromatic heterocycles. The average molecular weight is 261 g/mol. The summed E-state index contributed by atoms with van der Waals surface area (Å²) in [5.41, 5.74) is 1.57. The quantitative estimate of drug-likeness (QED) is 0.866. The van der Waals surface area contributed by atoms with Gasteiger partial charge in [-0.25, -0.2) is 9.37 Å². The number of hydrogen-bond donors (Lipinski definition) is 1. The van der Waals surface area contributed by atoms with Crippen LogP contribution in [0.1, 0.15) is 31.7 Å². The Labute approximate surface area is 113 Å². The van der Waals surface area contributed by atoms with E-state index in [1.54, 1.807) is 12.3 Å². The molecule has 1 heterocycles. The zero-order valence-corrected chi connectivity index (χ0v) is 11.5. The van der Waals surface area contributed by atoms with Crippen LogP contribution in [-0.4, -0.2) is 16.1 Å². The Balaban J connectivity index is 2.42. The second kappa shape index (κ2) is 6.48. The smallest absolute Gasteiger partial charge is 0.129 e. The summed E-state index contributed by atoms with van der Waals surface area (Å²) in [6.45, 7) is 5.48. The van der Waals surface area contributed by atoms with Crippen molar-refractivity contribution in [3.63, 3.8) is 0 Å². The van der Waals surface area contributed by atoms with Gasteiger partial charge in [0.1, 0.15) is 11.6 Å². The first-order valence-electron chi connectivity index (χ1n) is 6.78. The summed E-state index contributed by atoms with van der Waals surface area (Å²) in [5.74, 6) is 0.806. The first kappa shape index (κ1) is 13.7. The molecule has 102 valence electrons. The van der Waals surface area contributed by atoms with E-state index in [2.05, 4.69) is 17.2 Å². The summed E-state index contributed by atoms with van der Waals surface area (Å²) in [7, 11) is 0. The number of benzene rings is 1. The number of hydrogen-bond acceptors (Lipinski definition) is 2. The summed E-state index contributed by atoms with van der Waals surface area (Å²) < 4.78 is 16.0. The number of nitrogens with zero attached hydrogens (tertiary/aromatic N) is 2. The molecule has 0 radical (unpaired) electrons. The highest BCUT2D eigenvalue weighted by Crippen LogP contribution is 2.20. The number of aryl methyl sites for hydroxylation is 1. The van der Waals surface area contributed by atoms with Crippen LogP contribution >= 0.6 is 0 Å². The molecular formula is C15H20FN3. The first-order chi connectivity index (χ1) is 9.27. The molecule has 0 atom stereocenters. The molecule has 0 aliphatic heterocycles. The number of nitrogens with one attached hydrogen (secondary N) is 1. The maximum absolute atomic E-state index is 14.0. The Morgan fingerprint density at radius 3 is 2.89 bits per heavy atom. The van der Waals surface area contributed by atoms with Gasteiger partial charge in [-0.05, 0) is 25.1 Å². The molecule has 0 spiro atoms. The molecule has 4 heteroatoms. The predicted molar refractivity (Wildman–Crippen MR) is 74.9 cm³/mol. The van der Waals surface area contributed by atoms with Crippen molar-refractivity contribution < 1.29 is 4.39 Å². The van der Waals surface area contributed by atoms with Gasteiger partial charge in [0.25, 0.3) is 0 Å². The van der Waals surface area contributed by atoms with E-state index in [4.69, 9.17) is 0 Å². The molecular weight excluding hydrogens is 241 g/mol. The molecule has 0 aliphatic rings. The summed E-state index contributed by atoms with van der Waals surface area (Å²) in [5, 5.41) is 3.19. The van der Waals surface area contributed by atoms with E-state index >= 15 is 0 Å². The van der Waals surface area contributed by atoms with Gasteiger partial charge < -0.3 is 9.88 Å². The predicted octanol–water partition coefficient (Wildman–Crippen LogP) is 3.07. The van der Waals surface area contributed by atoms with E-state index in [-0.39, 0.29) is 5.82 Å². The summed E-state index contributed by atoms with van der Waals surface area (Å²) >= 11 is 0. The molecule has 0 amide bonds. The van der Waals surface area contributed by atoms with E-state index in [0.717, 1.165) is 30.9 Å². The zero-order chi connectivity index (χ0) is 13.7. The van der Waals surface area contributed by atoms with Gasteiger partial charge in [0.15, 0.2) is 0 Å². The molecule has 1 N–H and O–H groups in total. The van der Waals surface area contributed by atoms with Crippen LogP contribution in [0.15, 0.2) is 30.6 Å². The Bertz CT molecular complexity index is 534. The zero-order valence-electron chi connectivity index (χ0n) is 11.5. The topological polar surface area (TPSA) is 29.9 Å². The van der Waals surface area contributed by atoms with Crippen molar-refractivity contribution in [2.75, 3.05) is 6.54 Å². The van der Waals surface area contributed by atoms with Crippen molar-refractivity contribution in [1.82, 2.24) is 14.9 Å². The normalized spacial score (nSPS) is 10.9. The van der Waals surface area contributed by atoms with Crippen LogP contribution in [0.5, 0.6) is 0 Å². The van der Waals surface area contributed by atoms with Crippen LogP contribution in [0.3, 0.4) is 0 Å². The SMILES string of the molecule is CCCc1nccn1-c1cccc(F)c1CNCC. The Morgan fingerprint density at radius 1 is 1.32 bits per heavy atom. The molecule has 2 rings (SSSR count). The van der Waals surface area contributed by atoms with Crippen LogP contribution in [0.2, 0.25) is 0 Å². The minimum atomic E-state index is -0.172. The first-order valence-corrected chi connectivity index (χ1v) is 6.78. The number of rotatable bonds is 6. The minimum Gasteiger partial charge on any atom is -0.313 e. The lowest BCUT2D eigenvalue weighted by Gasteiger charge is -2.14. The van der Waals surface area contributed by atoms with Crippen LogP contribution in [0.25, 0.3) is 5.69 Å². The fourth-order valence-electron chi connectivity index (χ4n) is 2.16. The number of halogens is 1. The number of aromatic nitrogens is 2. The lowest BCUT2D eigenvalue weighted by molar-refractivity contribution is 0.590. The van der Waals surface area contributed by atoms with Gasteiger partial charge in [-0.2, -0.15) is 0 Å². The second-order valence-corrected chi connectivity index (χ2v) is 4.48. The Kier molecular flexibility index (Phi) is 4.68. The van der Waals surface area contributed by atoms with E-state index in [1.165, 1.54) is 6.07 Å². The standard InChI is InChI=1S/C15H20FN3/c1-3-6-15-18-9-10-19(15)14-8-5-7-13(16)12(14)11-17-4-2/h5,7-10,17H,3-4,6,11H2,1-2H3. The monoisotopic (exact) mass is 261 g/mol. The fraction of sp³-hybridized carbons (Fsp3) is 0.400. The van der Waals surface area contributed by atoms with Gasteiger partial charge in [-0.3, -0.25) is 0 Å². The van der Waals surface area contributed by atoms with E-state index < -0.39 is 0 Å². The maximum atomic E-state index is 14.0. The lowest BCUT2D eigenvalue weighted by Crippen LogP contribution is -2.16. The van der Waals surface area contributed by atoms with Gasteiger partial charge >= 0.3 is 0 Å². The van der Waals surface area contributed by atoms with E-state index in [9.17, 15) is 4.39 Å². The highest BCUT2D eigenvalue weighted by Gasteiger charge is 2.12. The van der Waals surface area contributed by atoms with Crippen molar-refractivity contribution in [2.24, 2.45) is 0 Å². The molecule has 2 aromatic rings. The molecule has 0 unspecified atom stereocenters. The molecule has 0 saturated heterocycles. The van der Waals surface area contributed by atoms with Crippen molar-refractivity contribution in [2.45, 2.75) is 33.2 Å². The van der Waals surface area contributed by atoms with Crippen LogP contribution < -0.4 is 5.32 Å². The highest BCUT2D eigenvalue weighted by molar-refractivity contribution is 5.43. The van der Waals surface area contributed by atoms with Gasteiger partial charge in [0.2, 0.25) is 0 Å². The molecule has 1 aromatic carbocycles. The third-order valence-corrected chi connectivity index (χ3v) is 3.10. The van der Waals surface area contributed by atoms with Crippen LogP contribution in [0.4, 0.5) is 4.39 Å². The minimum absolute atomic E-state index is 0.172. The summed E-state index contributed by atoms with van der Waals surface area (Å²) in [4.78, 5) is 4.35. The van der Waals surface area contributed by atoms with Gasteiger partial charge in [0.05, 0.1) is 5.69 Å². The molecule has 19 heavy (non-hydrogen) atoms. The molecule has 0 bridgehead atoms. The second-order valence-electron chi connectivity index (χ2n) is 4.48. The molecule has 0 saturated carbocycles.